The van der Waals surface area contributed by atoms with Gasteiger partial charge in [0.05, 0.1) is 16.9 Å². The lowest BCUT2D eigenvalue weighted by atomic mass is 9.80. The zero-order valence-corrected chi connectivity index (χ0v) is 14.7. The van der Waals surface area contributed by atoms with Gasteiger partial charge in [0.25, 0.3) is 0 Å². The third-order valence-electron chi connectivity index (χ3n) is 4.47. The molecule has 2 aromatic rings. The van der Waals surface area contributed by atoms with Crippen molar-refractivity contribution in [3.8, 4) is 5.75 Å². The maximum Gasteiger partial charge on any atom is 0.191 e. The van der Waals surface area contributed by atoms with E-state index >= 15 is 0 Å². The highest BCUT2D eigenvalue weighted by molar-refractivity contribution is 7.80. The quantitative estimate of drug-likeness (QED) is 0.718. The molecule has 4 nitrogen and oxygen atoms in total. The van der Waals surface area contributed by atoms with Crippen LogP contribution in [0.25, 0.3) is 0 Å². The molecule has 4 rings (SSSR count). The van der Waals surface area contributed by atoms with Crippen LogP contribution in [0.3, 0.4) is 0 Å². The highest BCUT2D eigenvalue weighted by Gasteiger charge is 2.53. The van der Waals surface area contributed by atoms with Crippen molar-refractivity contribution in [3.63, 3.8) is 0 Å². The molecule has 3 atom stereocenters. The number of hydrogen-bond donors (Lipinski definition) is 3. The van der Waals surface area contributed by atoms with E-state index in [1.807, 2.05) is 55.5 Å². The molecule has 0 unspecified atom stereocenters. The average molecular weight is 355 g/mol. The van der Waals surface area contributed by atoms with Gasteiger partial charge in [-0.15, -0.1) is 0 Å². The Labute approximate surface area is 151 Å². The Kier molecular flexibility index (Phi) is 3.66. The minimum Gasteiger partial charge on any atom is -0.467 e. The lowest BCUT2D eigenvalue weighted by molar-refractivity contribution is -0.00402. The van der Waals surface area contributed by atoms with E-state index in [-0.39, 0.29) is 12.0 Å². The van der Waals surface area contributed by atoms with Crippen LogP contribution in [-0.2, 0) is 0 Å². The van der Waals surface area contributed by atoms with Crippen LogP contribution in [0, 0.1) is 5.92 Å². The molecule has 2 aliphatic heterocycles. The van der Waals surface area contributed by atoms with E-state index in [9.17, 15) is 0 Å². The Morgan fingerprint density at radius 2 is 1.83 bits per heavy atom. The van der Waals surface area contributed by atoms with Crippen LogP contribution < -0.4 is 20.7 Å². The summed E-state index contributed by atoms with van der Waals surface area (Å²) in [5.74, 6) is 0.751. The molecule has 2 aliphatic rings. The number of thiocarbonyl (C=S) groups is 2. The van der Waals surface area contributed by atoms with E-state index in [1.165, 1.54) is 0 Å². The van der Waals surface area contributed by atoms with Crippen molar-refractivity contribution in [1.82, 2.24) is 10.6 Å². The van der Waals surface area contributed by atoms with E-state index in [0.29, 0.717) is 10.1 Å². The molecule has 1 saturated heterocycles. The van der Waals surface area contributed by atoms with Crippen LogP contribution >= 0.6 is 24.4 Å². The maximum atomic E-state index is 6.27. The monoisotopic (exact) mass is 355 g/mol. The summed E-state index contributed by atoms with van der Waals surface area (Å²) in [6.45, 7) is 1.99. The summed E-state index contributed by atoms with van der Waals surface area (Å²) < 4.78 is 6.27. The zero-order valence-electron chi connectivity index (χ0n) is 13.1. The smallest absolute Gasteiger partial charge is 0.191 e. The van der Waals surface area contributed by atoms with Gasteiger partial charge in [0, 0.05) is 11.3 Å². The van der Waals surface area contributed by atoms with Crippen molar-refractivity contribution >= 4 is 40.2 Å². The van der Waals surface area contributed by atoms with E-state index in [4.69, 9.17) is 29.2 Å². The Hall–Kier alpha value is -2.18. The molecule has 2 aromatic carbocycles. The first-order chi connectivity index (χ1) is 11.6. The average Bonchev–Trinajstić information content (AvgIpc) is 2.54. The summed E-state index contributed by atoms with van der Waals surface area (Å²) in [5.41, 5.74) is 1.34. The summed E-state index contributed by atoms with van der Waals surface area (Å²) >= 11 is 11.1. The molecule has 2 heterocycles. The number of nitrogens with one attached hydrogen (secondary N) is 3. The SMILES string of the molecule is C[C@@]12NC(=S)N[C@H](c3ccccc3O1)[C@H]2C(=S)Nc1ccccc1. The first kappa shape index (κ1) is 15.4. The molecule has 0 spiro atoms. The normalized spacial score (nSPS) is 27.1. The van der Waals surface area contributed by atoms with Crippen molar-refractivity contribution in [2.45, 2.75) is 18.7 Å². The van der Waals surface area contributed by atoms with Crippen molar-refractivity contribution < 1.29 is 4.74 Å². The molecule has 0 saturated carbocycles. The minimum atomic E-state index is -0.694. The first-order valence-electron chi connectivity index (χ1n) is 7.79. The highest BCUT2D eigenvalue weighted by atomic mass is 32.1. The van der Waals surface area contributed by atoms with Crippen LogP contribution in [-0.4, -0.2) is 15.8 Å². The molecule has 1 fully saturated rings. The predicted molar refractivity (Wildman–Crippen MR) is 103 cm³/mol. The van der Waals surface area contributed by atoms with Crippen molar-refractivity contribution in [2.24, 2.45) is 5.92 Å². The molecule has 0 radical (unpaired) electrons. The fraction of sp³-hybridized carbons (Fsp3) is 0.222. The molecule has 122 valence electrons. The van der Waals surface area contributed by atoms with Crippen LogP contribution in [0.5, 0.6) is 5.75 Å². The fourth-order valence-corrected chi connectivity index (χ4v) is 4.24. The molecule has 0 amide bonds. The number of rotatable bonds is 2. The molecular weight excluding hydrogens is 338 g/mol. The number of para-hydroxylation sites is 2. The standard InChI is InChI=1S/C18H17N3OS2/c1-18-14(16(23)19-11-7-3-2-4-8-11)15(20-17(24)21-18)12-9-5-6-10-13(12)22-18/h2-10,14-15H,1H3,(H,19,23)(H2,20,21,24)/t14-,15+,18+/m0/s1. The van der Waals surface area contributed by atoms with Gasteiger partial charge in [-0.1, -0.05) is 48.6 Å². The molecule has 3 N–H and O–H groups in total. The number of hydrogen-bond acceptors (Lipinski definition) is 3. The van der Waals surface area contributed by atoms with Gasteiger partial charge in [-0.05, 0) is 37.3 Å². The highest BCUT2D eigenvalue weighted by Crippen LogP contribution is 2.45. The minimum absolute atomic E-state index is 0.0302. The summed E-state index contributed by atoms with van der Waals surface area (Å²) in [6.07, 6.45) is 0. The van der Waals surface area contributed by atoms with Gasteiger partial charge in [0.2, 0.25) is 0 Å². The van der Waals surface area contributed by atoms with Crippen molar-refractivity contribution in [1.29, 1.82) is 0 Å². The second kappa shape index (κ2) is 5.72. The van der Waals surface area contributed by atoms with Gasteiger partial charge in [-0.3, -0.25) is 0 Å². The molecule has 2 bridgehead atoms. The predicted octanol–water partition coefficient (Wildman–Crippen LogP) is 3.37. The Bertz CT molecular complexity index is 811. The molecule has 0 aromatic heterocycles. The van der Waals surface area contributed by atoms with Crippen LogP contribution in [0.1, 0.15) is 18.5 Å². The lowest BCUT2D eigenvalue weighted by Crippen LogP contribution is -2.70. The summed E-state index contributed by atoms with van der Waals surface area (Å²) in [4.78, 5) is 0.714. The maximum absolute atomic E-state index is 6.27. The third kappa shape index (κ3) is 2.52. The van der Waals surface area contributed by atoms with Crippen LogP contribution in [0.4, 0.5) is 5.69 Å². The number of anilines is 1. The Morgan fingerprint density at radius 3 is 2.62 bits per heavy atom. The van der Waals surface area contributed by atoms with Gasteiger partial charge >= 0.3 is 0 Å². The van der Waals surface area contributed by atoms with Crippen molar-refractivity contribution in [3.05, 3.63) is 60.2 Å². The first-order valence-corrected chi connectivity index (χ1v) is 8.61. The Balaban J connectivity index is 1.72. The van der Waals surface area contributed by atoms with Gasteiger partial charge in [-0.2, -0.15) is 0 Å². The van der Waals surface area contributed by atoms with Crippen LogP contribution in [0.15, 0.2) is 54.6 Å². The van der Waals surface area contributed by atoms with Gasteiger partial charge in [-0.25, -0.2) is 0 Å². The van der Waals surface area contributed by atoms with E-state index < -0.39 is 5.72 Å². The lowest BCUT2D eigenvalue weighted by Gasteiger charge is -2.51. The number of ether oxygens (including phenoxy) is 1. The molecular formula is C18H17N3OS2. The second-order valence-corrected chi connectivity index (χ2v) is 7.00. The van der Waals surface area contributed by atoms with E-state index in [0.717, 1.165) is 17.0 Å². The largest absolute Gasteiger partial charge is 0.467 e. The second-order valence-electron chi connectivity index (χ2n) is 6.16. The third-order valence-corrected chi connectivity index (χ3v) is 5.05. The molecule has 6 heteroatoms. The molecule has 24 heavy (non-hydrogen) atoms. The topological polar surface area (TPSA) is 45.3 Å². The van der Waals surface area contributed by atoms with E-state index in [1.54, 1.807) is 0 Å². The summed E-state index contributed by atoms with van der Waals surface area (Å²) in [6, 6.07) is 17.9. The summed E-state index contributed by atoms with van der Waals surface area (Å²) in [7, 11) is 0. The number of fused-ring (bicyclic) bond motifs is 4. The van der Waals surface area contributed by atoms with Gasteiger partial charge in [0.15, 0.2) is 10.8 Å². The fourth-order valence-electron chi connectivity index (χ4n) is 3.43. The van der Waals surface area contributed by atoms with Crippen LogP contribution in [0.2, 0.25) is 0 Å². The Morgan fingerprint density at radius 1 is 1.12 bits per heavy atom. The van der Waals surface area contributed by atoms with Crippen molar-refractivity contribution in [2.75, 3.05) is 5.32 Å². The summed E-state index contributed by atoms with van der Waals surface area (Å²) in [5, 5.41) is 10.5. The number of benzene rings is 2. The van der Waals surface area contributed by atoms with Gasteiger partial charge < -0.3 is 20.7 Å². The van der Waals surface area contributed by atoms with Gasteiger partial charge in [0.1, 0.15) is 5.75 Å². The van der Waals surface area contributed by atoms with E-state index in [2.05, 4.69) is 22.0 Å². The zero-order chi connectivity index (χ0) is 16.7. The molecule has 0 aliphatic carbocycles.